The van der Waals surface area contributed by atoms with Crippen LogP contribution in [0.15, 0.2) is 18.2 Å². The summed E-state index contributed by atoms with van der Waals surface area (Å²) in [5.41, 5.74) is 4.64. The van der Waals surface area contributed by atoms with Crippen LogP contribution in [0, 0.1) is 5.82 Å². The number of rotatable bonds is 5. The van der Waals surface area contributed by atoms with Gasteiger partial charge in [-0.05, 0) is 49.7 Å². The fraction of sp³-hybridized carbons (Fsp3) is 0.600. The summed E-state index contributed by atoms with van der Waals surface area (Å²) in [6.45, 7) is 1.86. The van der Waals surface area contributed by atoms with E-state index in [0.717, 1.165) is 18.2 Å². The van der Waals surface area contributed by atoms with Crippen LogP contribution < -0.4 is 5.73 Å². The van der Waals surface area contributed by atoms with E-state index >= 15 is 0 Å². The summed E-state index contributed by atoms with van der Waals surface area (Å²) in [5, 5.41) is 9.73. The predicted octanol–water partition coefficient (Wildman–Crippen LogP) is 2.34. The highest BCUT2D eigenvalue weighted by Crippen LogP contribution is 2.35. The smallest absolute Gasteiger partial charge is 0.392 e. The average molecular weight is 320 g/mol. The Morgan fingerprint density at radius 2 is 2.09 bits per heavy atom. The molecule has 1 saturated heterocycles. The van der Waals surface area contributed by atoms with Gasteiger partial charge in [-0.25, -0.2) is 4.39 Å². The molecule has 1 aliphatic heterocycles. The SMILES string of the molecule is NCC[C@@H](O)CN1CCC(c2cc(C(F)(F)F)ccc2F)C1. The van der Waals surface area contributed by atoms with Gasteiger partial charge in [0.1, 0.15) is 5.82 Å². The molecule has 0 aliphatic carbocycles. The molecule has 3 N–H and O–H groups in total. The standard InChI is InChI=1S/C15H20F4N2O/c16-14-2-1-11(15(17,18)19)7-13(14)10-4-6-21(8-10)9-12(22)3-5-20/h1-2,7,10,12,22H,3-6,8-9,20H2/t10?,12-/m1/s1. The third kappa shape index (κ3) is 4.18. The highest BCUT2D eigenvalue weighted by atomic mass is 19.4. The zero-order chi connectivity index (χ0) is 16.3. The molecule has 1 aromatic carbocycles. The number of aliphatic hydroxyl groups excluding tert-OH is 1. The van der Waals surface area contributed by atoms with Crippen LogP contribution in [0.5, 0.6) is 0 Å². The number of nitrogens with two attached hydrogens (primary N) is 1. The van der Waals surface area contributed by atoms with Crippen LogP contribution in [0.4, 0.5) is 17.6 Å². The first-order chi connectivity index (χ1) is 10.3. The van der Waals surface area contributed by atoms with Crippen LogP contribution in [-0.2, 0) is 6.18 Å². The maximum atomic E-state index is 13.9. The average Bonchev–Trinajstić information content (AvgIpc) is 2.86. The Morgan fingerprint density at radius 1 is 1.36 bits per heavy atom. The number of hydrogen-bond donors (Lipinski definition) is 2. The first-order valence-electron chi connectivity index (χ1n) is 7.28. The summed E-state index contributed by atoms with van der Waals surface area (Å²) < 4.78 is 52.1. The minimum atomic E-state index is -4.47. The minimum Gasteiger partial charge on any atom is -0.392 e. The quantitative estimate of drug-likeness (QED) is 0.819. The molecule has 0 amide bonds. The van der Waals surface area contributed by atoms with Crippen molar-refractivity contribution in [2.45, 2.75) is 31.0 Å². The molecule has 0 spiro atoms. The Kier molecular flexibility index (Phi) is 5.41. The molecule has 0 radical (unpaired) electrons. The molecule has 0 aromatic heterocycles. The van der Waals surface area contributed by atoms with Crippen molar-refractivity contribution in [2.24, 2.45) is 5.73 Å². The lowest BCUT2D eigenvalue weighted by molar-refractivity contribution is -0.137. The molecule has 1 aromatic rings. The van der Waals surface area contributed by atoms with Crippen LogP contribution in [0.1, 0.15) is 29.9 Å². The van der Waals surface area contributed by atoms with Gasteiger partial charge in [0.25, 0.3) is 0 Å². The maximum absolute atomic E-state index is 13.9. The third-order valence-corrected chi connectivity index (χ3v) is 4.00. The molecule has 22 heavy (non-hydrogen) atoms. The van der Waals surface area contributed by atoms with Gasteiger partial charge >= 0.3 is 6.18 Å². The highest BCUT2D eigenvalue weighted by Gasteiger charge is 2.33. The highest BCUT2D eigenvalue weighted by molar-refractivity contribution is 5.30. The molecule has 1 aliphatic rings. The molecule has 3 nitrogen and oxygen atoms in total. The van der Waals surface area contributed by atoms with Crippen molar-refractivity contribution in [3.8, 4) is 0 Å². The zero-order valence-electron chi connectivity index (χ0n) is 12.1. The van der Waals surface area contributed by atoms with Gasteiger partial charge in [-0.2, -0.15) is 13.2 Å². The van der Waals surface area contributed by atoms with Crippen LogP contribution >= 0.6 is 0 Å². The summed E-state index contributed by atoms with van der Waals surface area (Å²) in [6.07, 6.45) is -3.99. The van der Waals surface area contributed by atoms with Crippen LogP contribution in [0.25, 0.3) is 0 Å². The topological polar surface area (TPSA) is 49.5 Å². The summed E-state index contributed by atoms with van der Waals surface area (Å²) >= 11 is 0. The first-order valence-corrected chi connectivity index (χ1v) is 7.28. The lowest BCUT2D eigenvalue weighted by Crippen LogP contribution is -2.31. The number of hydrogen-bond acceptors (Lipinski definition) is 3. The molecule has 124 valence electrons. The number of halogens is 4. The Morgan fingerprint density at radius 3 is 2.73 bits per heavy atom. The molecule has 7 heteroatoms. The summed E-state index contributed by atoms with van der Waals surface area (Å²) in [5.74, 6) is -0.894. The molecular formula is C15H20F4N2O. The van der Waals surface area contributed by atoms with E-state index in [-0.39, 0.29) is 11.5 Å². The van der Waals surface area contributed by atoms with E-state index in [1.807, 2.05) is 4.90 Å². The molecule has 0 bridgehead atoms. The minimum absolute atomic E-state index is 0.102. The lowest BCUT2D eigenvalue weighted by atomic mass is 9.96. The van der Waals surface area contributed by atoms with Crippen LogP contribution in [-0.4, -0.2) is 42.3 Å². The number of likely N-dealkylation sites (tertiary alicyclic amines) is 1. The van der Waals surface area contributed by atoms with E-state index in [2.05, 4.69) is 0 Å². The van der Waals surface area contributed by atoms with Crippen molar-refractivity contribution in [3.05, 3.63) is 35.1 Å². The lowest BCUT2D eigenvalue weighted by Gasteiger charge is -2.20. The largest absolute Gasteiger partial charge is 0.416 e. The van der Waals surface area contributed by atoms with Gasteiger partial charge in [0.15, 0.2) is 0 Å². The zero-order valence-corrected chi connectivity index (χ0v) is 12.1. The number of aliphatic hydroxyl groups is 1. The van der Waals surface area contributed by atoms with Crippen molar-refractivity contribution >= 4 is 0 Å². The number of β-amino-alcohol motifs (C(OH)–C–C–N with tert-alkyl or cyclic N) is 1. The molecule has 1 unspecified atom stereocenters. The molecule has 0 saturated carbocycles. The monoisotopic (exact) mass is 320 g/mol. The molecule has 2 atom stereocenters. The van der Waals surface area contributed by atoms with Gasteiger partial charge in [-0.15, -0.1) is 0 Å². The Bertz CT molecular complexity index is 507. The maximum Gasteiger partial charge on any atom is 0.416 e. The number of alkyl halides is 3. The van der Waals surface area contributed by atoms with E-state index in [1.54, 1.807) is 0 Å². The second-order valence-electron chi connectivity index (χ2n) is 5.71. The van der Waals surface area contributed by atoms with Gasteiger partial charge < -0.3 is 15.7 Å². The number of benzene rings is 1. The van der Waals surface area contributed by atoms with Crippen LogP contribution in [0.3, 0.4) is 0 Å². The molecular weight excluding hydrogens is 300 g/mol. The van der Waals surface area contributed by atoms with Crippen LogP contribution in [0.2, 0.25) is 0 Å². The van der Waals surface area contributed by atoms with Crippen molar-refractivity contribution in [1.82, 2.24) is 4.90 Å². The molecule has 1 heterocycles. The van der Waals surface area contributed by atoms with E-state index in [9.17, 15) is 22.7 Å². The van der Waals surface area contributed by atoms with Gasteiger partial charge in [0.05, 0.1) is 11.7 Å². The van der Waals surface area contributed by atoms with Gasteiger partial charge in [-0.1, -0.05) is 0 Å². The third-order valence-electron chi connectivity index (χ3n) is 4.00. The van der Waals surface area contributed by atoms with E-state index in [0.29, 0.717) is 39.0 Å². The Labute approximate surface area is 126 Å². The Hall–Kier alpha value is -1.18. The first kappa shape index (κ1) is 17.2. The van der Waals surface area contributed by atoms with Crippen molar-refractivity contribution in [1.29, 1.82) is 0 Å². The van der Waals surface area contributed by atoms with Gasteiger partial charge in [-0.3, -0.25) is 0 Å². The summed E-state index contributed by atoms with van der Waals surface area (Å²) in [6, 6.07) is 2.54. The van der Waals surface area contributed by atoms with Crippen molar-refractivity contribution in [3.63, 3.8) is 0 Å². The van der Waals surface area contributed by atoms with Gasteiger partial charge in [0, 0.05) is 19.0 Å². The normalized spacial score (nSPS) is 21.3. The van der Waals surface area contributed by atoms with Gasteiger partial charge in [0.2, 0.25) is 0 Å². The fourth-order valence-electron chi connectivity index (χ4n) is 2.87. The predicted molar refractivity (Wildman–Crippen MR) is 74.9 cm³/mol. The second kappa shape index (κ2) is 6.93. The summed E-state index contributed by atoms with van der Waals surface area (Å²) in [7, 11) is 0. The van der Waals surface area contributed by atoms with E-state index in [1.165, 1.54) is 0 Å². The fourth-order valence-corrected chi connectivity index (χ4v) is 2.87. The van der Waals surface area contributed by atoms with Crippen molar-refractivity contribution in [2.75, 3.05) is 26.2 Å². The summed E-state index contributed by atoms with van der Waals surface area (Å²) in [4.78, 5) is 1.94. The van der Waals surface area contributed by atoms with E-state index < -0.39 is 23.7 Å². The number of nitrogens with zero attached hydrogens (tertiary/aromatic N) is 1. The molecule has 2 rings (SSSR count). The van der Waals surface area contributed by atoms with Crippen molar-refractivity contribution < 1.29 is 22.7 Å². The Balaban J connectivity index is 2.07. The second-order valence-corrected chi connectivity index (χ2v) is 5.71. The van der Waals surface area contributed by atoms with E-state index in [4.69, 9.17) is 5.73 Å². The molecule has 1 fully saturated rings.